The average Bonchev–Trinajstić information content (AvgIpc) is 3.07. The highest BCUT2D eigenvalue weighted by atomic mass is 32.1. The van der Waals surface area contributed by atoms with E-state index < -0.39 is 5.91 Å². The Balaban J connectivity index is 0.000000687. The predicted molar refractivity (Wildman–Crippen MR) is 113 cm³/mol. The molecule has 0 saturated heterocycles. The van der Waals surface area contributed by atoms with Gasteiger partial charge in [0.25, 0.3) is 5.91 Å². The maximum Gasteiger partial charge on any atom is 0.261 e. The van der Waals surface area contributed by atoms with Gasteiger partial charge in [-0.15, -0.1) is 11.3 Å². The van der Waals surface area contributed by atoms with Crippen LogP contribution in [-0.2, 0) is 9.59 Å². The lowest BCUT2D eigenvalue weighted by Gasteiger charge is -2.05. The number of thiazole rings is 1. The van der Waals surface area contributed by atoms with E-state index >= 15 is 0 Å². The van der Waals surface area contributed by atoms with Gasteiger partial charge in [0.15, 0.2) is 0 Å². The number of carbonyl (C=O) groups excluding carboxylic acids is 3. The summed E-state index contributed by atoms with van der Waals surface area (Å²) in [6.07, 6.45) is 0. The minimum Gasteiger partial charge on any atom is -0.370 e. The van der Waals surface area contributed by atoms with Crippen LogP contribution >= 0.6 is 11.3 Å². The molecule has 3 aromatic rings. The quantitative estimate of drug-likeness (QED) is 0.605. The van der Waals surface area contributed by atoms with Crippen molar-refractivity contribution < 1.29 is 14.4 Å². The predicted octanol–water partition coefficient (Wildman–Crippen LogP) is 2.73. The first-order chi connectivity index (χ1) is 13.7. The molecule has 0 aliphatic rings. The van der Waals surface area contributed by atoms with Gasteiger partial charge >= 0.3 is 0 Å². The topological polar surface area (TPSA) is 141 Å². The van der Waals surface area contributed by atoms with Crippen molar-refractivity contribution in [2.45, 2.75) is 20.8 Å². The number of nitrogens with zero attached hydrogens (tertiary/aromatic N) is 2. The van der Waals surface area contributed by atoms with Gasteiger partial charge in [-0.2, -0.15) is 0 Å². The van der Waals surface area contributed by atoms with Crippen molar-refractivity contribution in [3.05, 3.63) is 53.0 Å². The summed E-state index contributed by atoms with van der Waals surface area (Å²) in [5, 5.41) is 3.31. The highest BCUT2D eigenvalue weighted by Gasteiger charge is 2.19. The fourth-order valence-electron chi connectivity index (χ4n) is 2.44. The standard InChI is InChI=1S/C18H16N4O2S.C2H5NO/c1-10-8-13(9-14(20-10)21-11(2)23)18-22-15(16(25-18)17(19)24)12-6-4-3-5-7-12;1-2(3)4/h3-9H,1-2H3,(H2,19,24)(H,20,21,23);1H3,(H2,3,4). The highest BCUT2D eigenvalue weighted by Crippen LogP contribution is 2.34. The first-order valence-corrected chi connectivity index (χ1v) is 9.37. The van der Waals surface area contributed by atoms with Crippen molar-refractivity contribution >= 4 is 34.9 Å². The molecule has 5 N–H and O–H groups in total. The van der Waals surface area contributed by atoms with E-state index in [-0.39, 0.29) is 11.8 Å². The number of pyridine rings is 1. The van der Waals surface area contributed by atoms with E-state index in [1.807, 2.05) is 43.3 Å². The number of primary amides is 2. The largest absolute Gasteiger partial charge is 0.370 e. The molecule has 0 spiro atoms. The molecule has 0 saturated carbocycles. The van der Waals surface area contributed by atoms with Crippen LogP contribution in [0, 0.1) is 6.92 Å². The minimum absolute atomic E-state index is 0.203. The Kier molecular flexibility index (Phi) is 7.15. The smallest absolute Gasteiger partial charge is 0.261 e. The van der Waals surface area contributed by atoms with E-state index in [4.69, 9.17) is 5.73 Å². The molecule has 150 valence electrons. The Hall–Kier alpha value is -3.59. The van der Waals surface area contributed by atoms with Crippen LogP contribution in [0.3, 0.4) is 0 Å². The van der Waals surface area contributed by atoms with Gasteiger partial charge in [0.2, 0.25) is 11.8 Å². The van der Waals surface area contributed by atoms with E-state index in [2.05, 4.69) is 21.0 Å². The number of benzene rings is 1. The number of hydrogen-bond donors (Lipinski definition) is 3. The molecular formula is C20H21N5O3S. The van der Waals surface area contributed by atoms with Crippen LogP contribution in [0.1, 0.15) is 29.2 Å². The molecule has 0 aliphatic carbocycles. The fourth-order valence-corrected chi connectivity index (χ4v) is 3.37. The SMILES string of the molecule is CC(=O)Nc1cc(-c2nc(-c3ccccc3)c(C(N)=O)s2)cc(C)n1.CC(N)=O. The van der Waals surface area contributed by atoms with Gasteiger partial charge in [-0.05, 0) is 19.1 Å². The second-order valence-electron chi connectivity index (χ2n) is 6.10. The molecule has 9 heteroatoms. The number of nitrogens with one attached hydrogen (secondary N) is 1. The molecular weight excluding hydrogens is 390 g/mol. The number of hydrogen-bond acceptors (Lipinski definition) is 6. The lowest BCUT2D eigenvalue weighted by Crippen LogP contribution is -2.10. The van der Waals surface area contributed by atoms with Crippen LogP contribution in [0.5, 0.6) is 0 Å². The first-order valence-electron chi connectivity index (χ1n) is 8.56. The second kappa shape index (κ2) is 9.56. The van der Waals surface area contributed by atoms with Gasteiger partial charge in [-0.25, -0.2) is 9.97 Å². The molecule has 2 aromatic heterocycles. The van der Waals surface area contributed by atoms with Crippen LogP contribution in [0.2, 0.25) is 0 Å². The summed E-state index contributed by atoms with van der Waals surface area (Å²) in [5.74, 6) is -0.610. The maximum atomic E-state index is 11.8. The van der Waals surface area contributed by atoms with E-state index in [0.29, 0.717) is 21.4 Å². The zero-order valence-corrected chi connectivity index (χ0v) is 17.0. The zero-order valence-electron chi connectivity index (χ0n) is 16.2. The number of aromatic nitrogens is 2. The summed E-state index contributed by atoms with van der Waals surface area (Å²) in [7, 11) is 0. The van der Waals surface area contributed by atoms with Crippen molar-refractivity contribution in [3.8, 4) is 21.8 Å². The molecule has 0 atom stereocenters. The molecule has 0 aliphatic heterocycles. The van der Waals surface area contributed by atoms with Gasteiger partial charge in [0.05, 0.1) is 5.69 Å². The number of rotatable bonds is 4. The van der Waals surface area contributed by atoms with Crippen molar-refractivity contribution in [1.29, 1.82) is 0 Å². The molecule has 0 bridgehead atoms. The van der Waals surface area contributed by atoms with Gasteiger partial charge in [-0.1, -0.05) is 30.3 Å². The second-order valence-corrected chi connectivity index (χ2v) is 7.10. The van der Waals surface area contributed by atoms with Crippen LogP contribution in [0.25, 0.3) is 21.8 Å². The molecule has 0 radical (unpaired) electrons. The third-order valence-corrected chi connectivity index (χ3v) is 4.52. The third kappa shape index (κ3) is 6.22. The summed E-state index contributed by atoms with van der Waals surface area (Å²) >= 11 is 1.23. The number of nitrogens with two attached hydrogens (primary N) is 2. The molecule has 3 rings (SSSR count). The Morgan fingerprint density at radius 2 is 1.59 bits per heavy atom. The Bertz CT molecular complexity index is 1040. The number of amides is 3. The number of aryl methyl sites for hydroxylation is 1. The molecule has 1 aromatic carbocycles. The zero-order chi connectivity index (χ0) is 21.6. The van der Waals surface area contributed by atoms with Crippen molar-refractivity contribution in [2.75, 3.05) is 5.32 Å². The van der Waals surface area contributed by atoms with Crippen LogP contribution in [-0.4, -0.2) is 27.7 Å². The fraction of sp³-hybridized carbons (Fsp3) is 0.150. The molecule has 3 amide bonds. The molecule has 0 unspecified atom stereocenters. The maximum absolute atomic E-state index is 11.8. The van der Waals surface area contributed by atoms with Crippen molar-refractivity contribution in [3.63, 3.8) is 0 Å². The monoisotopic (exact) mass is 411 g/mol. The van der Waals surface area contributed by atoms with Gasteiger partial charge < -0.3 is 16.8 Å². The third-order valence-electron chi connectivity index (χ3n) is 3.40. The van der Waals surface area contributed by atoms with E-state index in [0.717, 1.165) is 16.8 Å². The summed E-state index contributed by atoms with van der Waals surface area (Å²) in [4.78, 5) is 41.6. The van der Waals surface area contributed by atoms with E-state index in [1.165, 1.54) is 25.2 Å². The number of carbonyl (C=O) groups is 3. The van der Waals surface area contributed by atoms with E-state index in [1.54, 1.807) is 6.07 Å². The molecule has 8 nitrogen and oxygen atoms in total. The summed E-state index contributed by atoms with van der Waals surface area (Å²) < 4.78 is 0. The minimum atomic E-state index is -0.518. The van der Waals surface area contributed by atoms with E-state index in [9.17, 15) is 14.4 Å². The summed E-state index contributed by atoms with van der Waals surface area (Å²) in [6, 6.07) is 13.0. The average molecular weight is 411 g/mol. The summed E-state index contributed by atoms with van der Waals surface area (Å²) in [5.41, 5.74) is 12.9. The van der Waals surface area contributed by atoms with Crippen molar-refractivity contribution in [1.82, 2.24) is 9.97 Å². The number of anilines is 1. The Labute approximate surface area is 172 Å². The lowest BCUT2D eigenvalue weighted by atomic mass is 10.1. The Morgan fingerprint density at radius 3 is 2.14 bits per heavy atom. The Morgan fingerprint density at radius 1 is 0.966 bits per heavy atom. The molecule has 0 fully saturated rings. The van der Waals surface area contributed by atoms with Crippen molar-refractivity contribution in [2.24, 2.45) is 11.5 Å². The normalized spacial score (nSPS) is 9.90. The molecule has 2 heterocycles. The van der Waals surface area contributed by atoms with Crippen LogP contribution < -0.4 is 16.8 Å². The summed E-state index contributed by atoms with van der Waals surface area (Å²) in [6.45, 7) is 4.56. The van der Waals surface area contributed by atoms with Gasteiger partial charge in [-0.3, -0.25) is 14.4 Å². The van der Waals surface area contributed by atoms with Gasteiger partial charge in [0.1, 0.15) is 15.7 Å². The first kappa shape index (κ1) is 21.7. The highest BCUT2D eigenvalue weighted by molar-refractivity contribution is 7.17. The van der Waals surface area contributed by atoms with Gasteiger partial charge in [0, 0.05) is 30.7 Å². The van der Waals surface area contributed by atoms with Crippen LogP contribution in [0.4, 0.5) is 5.82 Å². The molecule has 29 heavy (non-hydrogen) atoms. The van der Waals surface area contributed by atoms with Crippen LogP contribution in [0.15, 0.2) is 42.5 Å². The lowest BCUT2D eigenvalue weighted by molar-refractivity contribution is -0.116.